The van der Waals surface area contributed by atoms with Crippen LogP contribution in [-0.4, -0.2) is 19.7 Å². The molecule has 0 bridgehead atoms. The van der Waals surface area contributed by atoms with Crippen LogP contribution in [0.3, 0.4) is 0 Å². The molecule has 80 valence electrons. The van der Waals surface area contributed by atoms with Crippen molar-refractivity contribution in [1.82, 2.24) is 19.7 Å². The molecule has 0 spiro atoms. The number of nitrogens with one attached hydrogen (secondary N) is 1. The summed E-state index contributed by atoms with van der Waals surface area (Å²) in [5.74, 6) is 0.904. The second kappa shape index (κ2) is 4.24. The van der Waals surface area contributed by atoms with Gasteiger partial charge in [0.25, 0.3) is 0 Å². The van der Waals surface area contributed by atoms with Gasteiger partial charge in [0.05, 0.1) is 16.1 Å². The highest BCUT2D eigenvalue weighted by Crippen LogP contribution is 2.25. The summed E-state index contributed by atoms with van der Waals surface area (Å²) in [4.78, 5) is 5.31. The molecule has 0 atom stereocenters. The van der Waals surface area contributed by atoms with Crippen molar-refractivity contribution in [2.24, 2.45) is 0 Å². The third-order valence-electron chi connectivity index (χ3n) is 2.15. The van der Waals surface area contributed by atoms with Gasteiger partial charge in [0, 0.05) is 6.54 Å². The van der Waals surface area contributed by atoms with Crippen molar-refractivity contribution in [1.29, 1.82) is 0 Å². The van der Waals surface area contributed by atoms with E-state index in [0.29, 0.717) is 4.77 Å². The van der Waals surface area contributed by atoms with Crippen molar-refractivity contribution in [3.8, 4) is 10.7 Å². The Hall–Kier alpha value is -1.01. The summed E-state index contributed by atoms with van der Waals surface area (Å²) in [5, 5.41) is 7.09. The van der Waals surface area contributed by atoms with E-state index in [1.807, 2.05) is 17.0 Å². The van der Waals surface area contributed by atoms with Gasteiger partial charge >= 0.3 is 0 Å². The molecule has 0 aliphatic rings. The van der Waals surface area contributed by atoms with E-state index < -0.39 is 0 Å². The maximum Gasteiger partial charge on any atom is 0.195 e. The lowest BCUT2D eigenvalue weighted by Crippen LogP contribution is -1.99. The van der Waals surface area contributed by atoms with E-state index in [1.165, 1.54) is 0 Å². The fraction of sp³-hybridized carbons (Fsp3) is 0.444. The zero-order valence-corrected chi connectivity index (χ0v) is 10.3. The van der Waals surface area contributed by atoms with Gasteiger partial charge in [-0.1, -0.05) is 6.92 Å². The van der Waals surface area contributed by atoms with Crippen LogP contribution in [0, 0.1) is 11.7 Å². The SMILES string of the molecule is CCCn1c(-c2scnc2C)n[nH]c1=S. The van der Waals surface area contributed by atoms with Crippen LogP contribution in [-0.2, 0) is 6.54 Å². The number of nitrogens with zero attached hydrogens (tertiary/aromatic N) is 3. The van der Waals surface area contributed by atoms with Crippen molar-refractivity contribution < 1.29 is 0 Å². The molecule has 0 aromatic carbocycles. The predicted octanol–water partition coefficient (Wildman–Crippen LogP) is 2.78. The van der Waals surface area contributed by atoms with Crippen molar-refractivity contribution >= 4 is 23.6 Å². The number of hydrogen-bond acceptors (Lipinski definition) is 4. The molecule has 4 nitrogen and oxygen atoms in total. The fourth-order valence-electron chi connectivity index (χ4n) is 1.44. The summed E-state index contributed by atoms with van der Waals surface area (Å²) >= 11 is 6.78. The van der Waals surface area contributed by atoms with Crippen molar-refractivity contribution in [2.75, 3.05) is 0 Å². The van der Waals surface area contributed by atoms with Crippen molar-refractivity contribution in [3.63, 3.8) is 0 Å². The minimum absolute atomic E-state index is 0.680. The number of thiazole rings is 1. The fourth-order valence-corrected chi connectivity index (χ4v) is 2.46. The Labute approximate surface area is 97.0 Å². The molecule has 2 rings (SSSR count). The lowest BCUT2D eigenvalue weighted by Gasteiger charge is -2.02. The van der Waals surface area contributed by atoms with Crippen molar-refractivity contribution in [2.45, 2.75) is 26.8 Å². The molecule has 0 fully saturated rings. The van der Waals surface area contributed by atoms with E-state index >= 15 is 0 Å². The summed E-state index contributed by atoms with van der Waals surface area (Å²) in [6.45, 7) is 5.00. The highest BCUT2D eigenvalue weighted by atomic mass is 32.1. The van der Waals surface area contributed by atoms with E-state index in [9.17, 15) is 0 Å². The molecule has 0 aliphatic carbocycles. The maximum absolute atomic E-state index is 5.18. The molecule has 2 aromatic heterocycles. The molecule has 0 amide bonds. The Morgan fingerprint density at radius 1 is 1.60 bits per heavy atom. The van der Waals surface area contributed by atoms with Gasteiger partial charge in [0.2, 0.25) is 0 Å². The van der Waals surface area contributed by atoms with Gasteiger partial charge in [-0.15, -0.1) is 11.3 Å². The summed E-state index contributed by atoms with van der Waals surface area (Å²) in [5.41, 5.74) is 2.84. The summed E-state index contributed by atoms with van der Waals surface area (Å²) in [6, 6.07) is 0. The Balaban J connectivity index is 2.54. The minimum Gasteiger partial charge on any atom is -0.299 e. The van der Waals surface area contributed by atoms with E-state index in [1.54, 1.807) is 11.3 Å². The number of hydrogen-bond donors (Lipinski definition) is 1. The zero-order chi connectivity index (χ0) is 10.8. The number of H-pyrrole nitrogens is 1. The second-order valence-electron chi connectivity index (χ2n) is 3.27. The summed E-state index contributed by atoms with van der Waals surface area (Å²) in [7, 11) is 0. The first-order chi connectivity index (χ1) is 7.24. The van der Waals surface area contributed by atoms with Gasteiger partial charge in [-0.05, 0) is 25.6 Å². The molecule has 0 aliphatic heterocycles. The number of aryl methyl sites for hydroxylation is 1. The summed E-state index contributed by atoms with van der Waals surface area (Å²) in [6.07, 6.45) is 1.04. The topological polar surface area (TPSA) is 46.5 Å². The van der Waals surface area contributed by atoms with Crippen LogP contribution in [0.2, 0.25) is 0 Å². The van der Waals surface area contributed by atoms with Crippen LogP contribution in [0.5, 0.6) is 0 Å². The average Bonchev–Trinajstić information content (AvgIpc) is 2.76. The van der Waals surface area contributed by atoms with Gasteiger partial charge in [0.1, 0.15) is 0 Å². The molecule has 0 saturated carbocycles. The van der Waals surface area contributed by atoms with Crippen molar-refractivity contribution in [3.05, 3.63) is 16.0 Å². The molecule has 6 heteroatoms. The largest absolute Gasteiger partial charge is 0.299 e. The third-order valence-corrected chi connectivity index (χ3v) is 3.39. The highest BCUT2D eigenvalue weighted by Gasteiger charge is 2.12. The molecule has 2 aromatic rings. The first-order valence-corrected chi connectivity index (χ1v) is 6.08. The smallest absolute Gasteiger partial charge is 0.195 e. The van der Waals surface area contributed by atoms with Gasteiger partial charge in [-0.2, -0.15) is 5.10 Å². The molecule has 0 unspecified atom stereocenters. The van der Waals surface area contributed by atoms with Crippen LogP contribution < -0.4 is 0 Å². The summed E-state index contributed by atoms with van der Waals surface area (Å²) < 4.78 is 2.70. The molecule has 15 heavy (non-hydrogen) atoms. The second-order valence-corrected chi connectivity index (χ2v) is 4.51. The van der Waals surface area contributed by atoms with Crippen LogP contribution in [0.4, 0.5) is 0 Å². The monoisotopic (exact) mass is 240 g/mol. The normalized spacial score (nSPS) is 10.8. The third kappa shape index (κ3) is 1.87. The molecular formula is C9H12N4S2. The predicted molar refractivity (Wildman–Crippen MR) is 63.5 cm³/mol. The minimum atomic E-state index is 0.680. The molecule has 2 heterocycles. The van der Waals surface area contributed by atoms with Gasteiger partial charge in [-0.3, -0.25) is 9.67 Å². The average molecular weight is 240 g/mol. The quantitative estimate of drug-likeness (QED) is 0.839. The maximum atomic E-state index is 5.18. The van der Waals surface area contributed by atoms with Gasteiger partial charge in [0.15, 0.2) is 10.6 Å². The van der Waals surface area contributed by atoms with E-state index in [-0.39, 0.29) is 0 Å². The Kier molecular flexibility index (Phi) is 2.97. The van der Waals surface area contributed by atoms with E-state index in [0.717, 1.165) is 29.4 Å². The lowest BCUT2D eigenvalue weighted by molar-refractivity contribution is 0.675. The first kappa shape index (κ1) is 10.5. The number of rotatable bonds is 3. The van der Waals surface area contributed by atoms with Crippen LogP contribution in [0.25, 0.3) is 10.7 Å². The van der Waals surface area contributed by atoms with Crippen LogP contribution in [0.1, 0.15) is 19.0 Å². The highest BCUT2D eigenvalue weighted by molar-refractivity contribution is 7.71. The first-order valence-electron chi connectivity index (χ1n) is 4.79. The van der Waals surface area contributed by atoms with Gasteiger partial charge in [-0.25, -0.2) is 4.98 Å². The molecule has 1 N–H and O–H groups in total. The standard InChI is InChI=1S/C9H12N4S2/c1-3-4-13-8(11-12-9(13)14)7-6(2)10-5-15-7/h5H,3-4H2,1-2H3,(H,12,14). The Bertz CT molecular complexity index is 508. The van der Waals surface area contributed by atoms with Crippen LogP contribution >= 0.6 is 23.6 Å². The lowest BCUT2D eigenvalue weighted by atomic mass is 10.3. The molecular weight excluding hydrogens is 228 g/mol. The molecule has 0 radical (unpaired) electrons. The zero-order valence-electron chi connectivity index (χ0n) is 8.65. The van der Waals surface area contributed by atoms with E-state index in [4.69, 9.17) is 12.2 Å². The number of aromatic nitrogens is 4. The van der Waals surface area contributed by atoms with E-state index in [2.05, 4.69) is 22.1 Å². The van der Waals surface area contributed by atoms with Gasteiger partial charge < -0.3 is 0 Å². The van der Waals surface area contributed by atoms with Crippen LogP contribution in [0.15, 0.2) is 5.51 Å². The Morgan fingerprint density at radius 3 is 3.00 bits per heavy atom. The molecule has 0 saturated heterocycles. The number of aromatic amines is 1. The Morgan fingerprint density at radius 2 is 2.40 bits per heavy atom.